The van der Waals surface area contributed by atoms with Crippen molar-refractivity contribution in [1.29, 1.82) is 0 Å². The number of anilines is 2. The molecule has 0 fully saturated rings. The molecular formula is C14H11N3O2. The molecule has 2 heterocycles. The lowest BCUT2D eigenvalue weighted by atomic mass is 10.1. The number of rotatable bonds is 1. The number of amides is 2. The number of hydrogen-bond donors (Lipinski definition) is 1. The Labute approximate surface area is 109 Å². The number of pyridine rings is 1. The molecule has 0 saturated carbocycles. The average molecular weight is 253 g/mol. The van der Waals surface area contributed by atoms with Crippen LogP contribution in [0.4, 0.5) is 11.4 Å². The minimum atomic E-state index is -0.394. The summed E-state index contributed by atoms with van der Waals surface area (Å²) in [6.45, 7) is 1.71. The van der Waals surface area contributed by atoms with Crippen LogP contribution >= 0.6 is 0 Å². The SMILES string of the molecule is Cc1ncc2c(c1N)C(=O)N(c1ccccc1)C2=O. The summed E-state index contributed by atoms with van der Waals surface area (Å²) in [5.41, 5.74) is 7.73. The molecule has 3 rings (SSSR count). The average Bonchev–Trinajstić information content (AvgIpc) is 2.67. The first-order valence-electron chi connectivity index (χ1n) is 5.80. The van der Waals surface area contributed by atoms with Crippen LogP contribution in [0, 0.1) is 6.92 Å². The second kappa shape index (κ2) is 3.91. The molecule has 1 aromatic carbocycles. The van der Waals surface area contributed by atoms with Gasteiger partial charge in [-0.3, -0.25) is 14.6 Å². The highest BCUT2D eigenvalue weighted by Crippen LogP contribution is 2.31. The zero-order chi connectivity index (χ0) is 13.6. The van der Waals surface area contributed by atoms with E-state index >= 15 is 0 Å². The van der Waals surface area contributed by atoms with E-state index in [1.807, 2.05) is 6.07 Å². The summed E-state index contributed by atoms with van der Waals surface area (Å²) >= 11 is 0. The fraction of sp³-hybridized carbons (Fsp3) is 0.0714. The van der Waals surface area contributed by atoms with Crippen LogP contribution in [0.3, 0.4) is 0 Å². The van der Waals surface area contributed by atoms with Crippen molar-refractivity contribution in [2.24, 2.45) is 0 Å². The van der Waals surface area contributed by atoms with Crippen LogP contribution in [0.2, 0.25) is 0 Å². The molecule has 5 nitrogen and oxygen atoms in total. The molecule has 0 saturated heterocycles. The molecule has 0 unspecified atom stereocenters. The zero-order valence-electron chi connectivity index (χ0n) is 10.3. The van der Waals surface area contributed by atoms with Crippen LogP contribution in [0.5, 0.6) is 0 Å². The molecule has 2 amide bonds. The highest BCUT2D eigenvalue weighted by atomic mass is 16.2. The normalized spacial score (nSPS) is 13.8. The summed E-state index contributed by atoms with van der Waals surface area (Å²) in [5, 5.41) is 0. The van der Waals surface area contributed by atoms with E-state index in [4.69, 9.17) is 5.73 Å². The maximum atomic E-state index is 12.4. The van der Waals surface area contributed by atoms with Gasteiger partial charge >= 0.3 is 0 Å². The standard InChI is InChI=1S/C14H11N3O2/c1-8-12(15)11-10(7-16-8)13(18)17(14(11)19)9-5-3-2-4-6-9/h2-7H,15H2,1H3. The van der Waals surface area contributed by atoms with Gasteiger partial charge in [-0.15, -0.1) is 0 Å². The van der Waals surface area contributed by atoms with Crippen molar-refractivity contribution in [3.05, 3.63) is 53.3 Å². The fourth-order valence-corrected chi connectivity index (χ4v) is 2.15. The minimum absolute atomic E-state index is 0.251. The molecule has 0 bridgehead atoms. The predicted molar refractivity (Wildman–Crippen MR) is 71.0 cm³/mol. The van der Waals surface area contributed by atoms with E-state index in [-0.39, 0.29) is 22.7 Å². The lowest BCUT2D eigenvalue weighted by Gasteiger charge is -2.13. The summed E-state index contributed by atoms with van der Waals surface area (Å²) in [6.07, 6.45) is 1.41. The van der Waals surface area contributed by atoms with Crippen molar-refractivity contribution in [1.82, 2.24) is 4.98 Å². The number of aromatic nitrogens is 1. The summed E-state index contributed by atoms with van der Waals surface area (Å²) in [6, 6.07) is 8.77. The Morgan fingerprint density at radius 3 is 2.47 bits per heavy atom. The topological polar surface area (TPSA) is 76.3 Å². The van der Waals surface area contributed by atoms with Crippen LogP contribution in [-0.4, -0.2) is 16.8 Å². The van der Waals surface area contributed by atoms with Gasteiger partial charge < -0.3 is 5.73 Å². The number of benzene rings is 1. The van der Waals surface area contributed by atoms with Crippen LogP contribution in [0.15, 0.2) is 36.5 Å². The third-order valence-electron chi connectivity index (χ3n) is 3.18. The van der Waals surface area contributed by atoms with Gasteiger partial charge in [0.1, 0.15) is 0 Å². The molecule has 2 aromatic rings. The van der Waals surface area contributed by atoms with Gasteiger partial charge in [0.15, 0.2) is 0 Å². The molecule has 2 N–H and O–H groups in total. The number of para-hydroxylation sites is 1. The van der Waals surface area contributed by atoms with Crippen LogP contribution in [0.25, 0.3) is 0 Å². The van der Waals surface area contributed by atoms with Gasteiger partial charge in [-0.1, -0.05) is 18.2 Å². The van der Waals surface area contributed by atoms with Crippen molar-refractivity contribution >= 4 is 23.2 Å². The Kier molecular flexibility index (Phi) is 2.35. The van der Waals surface area contributed by atoms with Gasteiger partial charge in [0.05, 0.1) is 28.2 Å². The van der Waals surface area contributed by atoms with E-state index in [2.05, 4.69) is 4.98 Å². The first kappa shape index (κ1) is 11.4. The Bertz CT molecular complexity index is 695. The molecule has 1 aliphatic heterocycles. The maximum Gasteiger partial charge on any atom is 0.268 e. The Hall–Kier alpha value is -2.69. The van der Waals surface area contributed by atoms with Crippen molar-refractivity contribution in [2.45, 2.75) is 6.92 Å². The first-order valence-corrected chi connectivity index (χ1v) is 5.80. The van der Waals surface area contributed by atoms with E-state index in [0.717, 1.165) is 4.90 Å². The maximum absolute atomic E-state index is 12.4. The summed E-state index contributed by atoms with van der Waals surface area (Å²) < 4.78 is 0. The van der Waals surface area contributed by atoms with Crippen molar-refractivity contribution in [3.63, 3.8) is 0 Å². The summed E-state index contributed by atoms with van der Waals surface area (Å²) in [5.74, 6) is -0.778. The second-order valence-corrected chi connectivity index (χ2v) is 4.33. The number of carbonyl (C=O) groups excluding carboxylic acids is 2. The predicted octanol–water partition coefficient (Wildman–Crippen LogP) is 1.77. The van der Waals surface area contributed by atoms with E-state index in [1.165, 1.54) is 6.20 Å². The van der Waals surface area contributed by atoms with Crippen molar-refractivity contribution < 1.29 is 9.59 Å². The molecule has 1 aliphatic rings. The highest BCUT2D eigenvalue weighted by Gasteiger charge is 2.39. The minimum Gasteiger partial charge on any atom is -0.397 e. The smallest absolute Gasteiger partial charge is 0.268 e. The van der Waals surface area contributed by atoms with Gasteiger partial charge in [0.2, 0.25) is 0 Å². The Morgan fingerprint density at radius 1 is 1.11 bits per heavy atom. The molecule has 94 valence electrons. The van der Waals surface area contributed by atoms with Gasteiger partial charge in [-0.25, -0.2) is 4.90 Å². The molecule has 0 aliphatic carbocycles. The first-order chi connectivity index (χ1) is 9.11. The van der Waals surface area contributed by atoms with Crippen molar-refractivity contribution in [2.75, 3.05) is 10.6 Å². The quantitative estimate of drug-likeness (QED) is 0.786. The van der Waals surface area contributed by atoms with Gasteiger partial charge in [-0.2, -0.15) is 0 Å². The number of aryl methyl sites for hydroxylation is 1. The lowest BCUT2D eigenvalue weighted by molar-refractivity contribution is 0.0926. The molecule has 0 radical (unpaired) electrons. The largest absolute Gasteiger partial charge is 0.397 e. The van der Waals surface area contributed by atoms with E-state index in [1.54, 1.807) is 31.2 Å². The second-order valence-electron chi connectivity index (χ2n) is 4.33. The fourth-order valence-electron chi connectivity index (χ4n) is 2.15. The van der Waals surface area contributed by atoms with Crippen molar-refractivity contribution in [3.8, 4) is 0 Å². The Balaban J connectivity index is 2.18. The van der Waals surface area contributed by atoms with Crippen LogP contribution in [-0.2, 0) is 0 Å². The van der Waals surface area contributed by atoms with E-state index in [9.17, 15) is 9.59 Å². The molecular weight excluding hydrogens is 242 g/mol. The zero-order valence-corrected chi connectivity index (χ0v) is 10.3. The third-order valence-corrected chi connectivity index (χ3v) is 3.18. The number of nitrogens with zero attached hydrogens (tertiary/aromatic N) is 2. The molecule has 5 heteroatoms. The summed E-state index contributed by atoms with van der Waals surface area (Å²) in [4.78, 5) is 29.8. The number of nitrogen functional groups attached to an aromatic ring is 1. The lowest BCUT2D eigenvalue weighted by Crippen LogP contribution is -2.29. The summed E-state index contributed by atoms with van der Waals surface area (Å²) in [7, 11) is 0. The van der Waals surface area contributed by atoms with Gasteiger partial charge in [0, 0.05) is 6.20 Å². The van der Waals surface area contributed by atoms with Crippen LogP contribution in [0.1, 0.15) is 26.4 Å². The number of fused-ring (bicyclic) bond motifs is 1. The van der Waals surface area contributed by atoms with Gasteiger partial charge in [-0.05, 0) is 19.1 Å². The number of imide groups is 1. The molecule has 19 heavy (non-hydrogen) atoms. The van der Waals surface area contributed by atoms with E-state index in [0.29, 0.717) is 11.4 Å². The Morgan fingerprint density at radius 2 is 1.79 bits per heavy atom. The van der Waals surface area contributed by atoms with Gasteiger partial charge in [0.25, 0.3) is 11.8 Å². The monoisotopic (exact) mass is 253 g/mol. The highest BCUT2D eigenvalue weighted by molar-refractivity contribution is 6.35. The third kappa shape index (κ3) is 1.52. The molecule has 1 aromatic heterocycles. The number of carbonyl (C=O) groups is 2. The number of hydrogen-bond acceptors (Lipinski definition) is 4. The van der Waals surface area contributed by atoms with Crippen LogP contribution < -0.4 is 10.6 Å². The number of nitrogens with two attached hydrogens (primary N) is 1. The molecule has 0 spiro atoms. The molecule has 0 atom stereocenters. The van der Waals surface area contributed by atoms with E-state index < -0.39 is 5.91 Å².